The second-order valence-corrected chi connectivity index (χ2v) is 4.47. The molecule has 1 N–H and O–H groups in total. The molecule has 1 aliphatic rings. The summed E-state index contributed by atoms with van der Waals surface area (Å²) in [5, 5.41) is 10.4. The Morgan fingerprint density at radius 1 is 1.40 bits per heavy atom. The van der Waals surface area contributed by atoms with Gasteiger partial charge >= 0.3 is 6.09 Å². The molecular formula is C14H16N2O4. The number of carboxylic acid groups (broad SMARTS) is 1. The average Bonchev–Trinajstić information content (AvgIpc) is 2.72. The van der Waals surface area contributed by atoms with Crippen LogP contribution in [0.5, 0.6) is 0 Å². The third kappa shape index (κ3) is 2.65. The third-order valence-electron chi connectivity index (χ3n) is 3.13. The lowest BCUT2D eigenvalue weighted by Crippen LogP contribution is -2.48. The molecule has 20 heavy (non-hydrogen) atoms. The summed E-state index contributed by atoms with van der Waals surface area (Å²) >= 11 is 0. The number of rotatable bonds is 4. The number of amides is 2. The molecule has 0 saturated heterocycles. The largest absolute Gasteiger partial charge is 0.465 e. The van der Waals surface area contributed by atoms with Crippen LogP contribution < -0.4 is 0 Å². The van der Waals surface area contributed by atoms with E-state index in [4.69, 9.17) is 4.84 Å². The molecule has 2 amide bonds. The van der Waals surface area contributed by atoms with Crippen LogP contribution in [0.3, 0.4) is 0 Å². The molecule has 1 aromatic carbocycles. The first-order valence-corrected chi connectivity index (χ1v) is 6.14. The first-order valence-electron chi connectivity index (χ1n) is 6.14. The van der Waals surface area contributed by atoms with Crippen LogP contribution in [0.25, 0.3) is 0 Å². The molecule has 1 aliphatic heterocycles. The Hall–Kier alpha value is -2.34. The number of benzene rings is 1. The summed E-state index contributed by atoms with van der Waals surface area (Å²) in [4.78, 5) is 29.5. The van der Waals surface area contributed by atoms with E-state index in [-0.39, 0.29) is 12.5 Å². The van der Waals surface area contributed by atoms with E-state index in [1.54, 1.807) is 13.0 Å². The van der Waals surface area contributed by atoms with E-state index in [9.17, 15) is 14.7 Å². The standard InChI is InChI=1S/C14H16N2O4/c1-10-8-12(16(20-2)13(10)17)15(14(18)19)9-11-6-4-3-5-7-11/h3-8,12H,9H2,1-2H3,(H,18,19). The molecule has 1 unspecified atom stereocenters. The zero-order valence-electron chi connectivity index (χ0n) is 11.3. The number of hydrogen-bond acceptors (Lipinski definition) is 3. The van der Waals surface area contributed by atoms with Gasteiger partial charge in [0.25, 0.3) is 5.91 Å². The fourth-order valence-corrected chi connectivity index (χ4v) is 2.12. The van der Waals surface area contributed by atoms with Crippen molar-refractivity contribution in [1.82, 2.24) is 9.96 Å². The first kappa shape index (κ1) is 14.1. The summed E-state index contributed by atoms with van der Waals surface area (Å²) < 4.78 is 0. The summed E-state index contributed by atoms with van der Waals surface area (Å²) in [5.74, 6) is -0.322. The van der Waals surface area contributed by atoms with Crippen molar-refractivity contribution in [2.24, 2.45) is 0 Å². The van der Waals surface area contributed by atoms with Crippen LogP contribution in [0.1, 0.15) is 12.5 Å². The minimum Gasteiger partial charge on any atom is -0.465 e. The lowest BCUT2D eigenvalue weighted by Gasteiger charge is -2.30. The first-order chi connectivity index (χ1) is 9.54. The average molecular weight is 276 g/mol. The molecule has 6 heteroatoms. The molecule has 1 atom stereocenters. The van der Waals surface area contributed by atoms with Crippen molar-refractivity contribution in [1.29, 1.82) is 0 Å². The Morgan fingerprint density at radius 3 is 2.60 bits per heavy atom. The van der Waals surface area contributed by atoms with Crippen LogP contribution in [-0.4, -0.2) is 40.3 Å². The van der Waals surface area contributed by atoms with Gasteiger partial charge in [0.1, 0.15) is 0 Å². The zero-order valence-corrected chi connectivity index (χ0v) is 11.3. The number of carbonyl (C=O) groups excluding carboxylic acids is 1. The highest BCUT2D eigenvalue weighted by Gasteiger charge is 2.37. The molecule has 2 rings (SSSR count). The highest BCUT2D eigenvalue weighted by atomic mass is 16.7. The minimum absolute atomic E-state index is 0.178. The van der Waals surface area contributed by atoms with Gasteiger partial charge in [-0.25, -0.2) is 4.79 Å². The van der Waals surface area contributed by atoms with Crippen molar-refractivity contribution < 1.29 is 19.5 Å². The summed E-state index contributed by atoms with van der Waals surface area (Å²) in [6, 6.07) is 9.20. The topological polar surface area (TPSA) is 70.1 Å². The van der Waals surface area contributed by atoms with E-state index < -0.39 is 12.3 Å². The van der Waals surface area contributed by atoms with E-state index in [1.165, 1.54) is 7.11 Å². The summed E-state index contributed by atoms with van der Waals surface area (Å²) in [6.45, 7) is 1.81. The molecule has 0 aromatic heterocycles. The van der Waals surface area contributed by atoms with Gasteiger partial charge in [0.15, 0.2) is 6.17 Å². The Bertz CT molecular complexity index is 541. The quantitative estimate of drug-likeness (QED) is 0.911. The van der Waals surface area contributed by atoms with Crippen LogP contribution >= 0.6 is 0 Å². The molecule has 0 fully saturated rings. The predicted molar refractivity (Wildman–Crippen MR) is 71.4 cm³/mol. The van der Waals surface area contributed by atoms with Gasteiger partial charge < -0.3 is 5.11 Å². The lowest BCUT2D eigenvalue weighted by atomic mass is 10.2. The van der Waals surface area contributed by atoms with E-state index in [1.807, 2.05) is 30.3 Å². The lowest BCUT2D eigenvalue weighted by molar-refractivity contribution is -0.188. The van der Waals surface area contributed by atoms with E-state index in [2.05, 4.69) is 0 Å². The fourth-order valence-electron chi connectivity index (χ4n) is 2.12. The monoisotopic (exact) mass is 276 g/mol. The third-order valence-corrected chi connectivity index (χ3v) is 3.13. The molecular weight excluding hydrogens is 260 g/mol. The van der Waals surface area contributed by atoms with Crippen molar-refractivity contribution in [3.05, 3.63) is 47.5 Å². The van der Waals surface area contributed by atoms with Crippen molar-refractivity contribution in [2.45, 2.75) is 19.6 Å². The normalized spacial score (nSPS) is 18.1. The molecule has 106 valence electrons. The van der Waals surface area contributed by atoms with Gasteiger partial charge in [-0.2, -0.15) is 5.06 Å². The van der Waals surface area contributed by atoms with Crippen LogP contribution in [-0.2, 0) is 16.2 Å². The van der Waals surface area contributed by atoms with Crippen molar-refractivity contribution in [3.8, 4) is 0 Å². The van der Waals surface area contributed by atoms with Crippen molar-refractivity contribution >= 4 is 12.0 Å². The Balaban J connectivity index is 2.25. The molecule has 0 radical (unpaired) electrons. The minimum atomic E-state index is -1.11. The Morgan fingerprint density at radius 2 is 2.05 bits per heavy atom. The van der Waals surface area contributed by atoms with E-state index >= 15 is 0 Å². The van der Waals surface area contributed by atoms with Gasteiger partial charge in [-0.3, -0.25) is 14.5 Å². The van der Waals surface area contributed by atoms with Gasteiger partial charge in [0.2, 0.25) is 0 Å². The summed E-state index contributed by atoms with van der Waals surface area (Å²) in [7, 11) is 1.35. The van der Waals surface area contributed by atoms with Gasteiger partial charge in [0, 0.05) is 5.57 Å². The van der Waals surface area contributed by atoms with Crippen LogP contribution in [0.15, 0.2) is 42.0 Å². The predicted octanol–water partition coefficient (Wildman–Crippen LogP) is 1.84. The van der Waals surface area contributed by atoms with Gasteiger partial charge in [-0.15, -0.1) is 0 Å². The Labute approximate surface area is 116 Å². The molecule has 1 heterocycles. The van der Waals surface area contributed by atoms with Crippen LogP contribution in [0, 0.1) is 0 Å². The SMILES string of the molecule is CON1C(=O)C(C)=CC1N(Cc1ccccc1)C(=O)O. The summed E-state index contributed by atoms with van der Waals surface area (Å²) in [5.41, 5.74) is 1.31. The Kier molecular flexibility index (Phi) is 4.05. The zero-order chi connectivity index (χ0) is 14.7. The maximum absolute atomic E-state index is 11.8. The molecule has 0 spiro atoms. The second-order valence-electron chi connectivity index (χ2n) is 4.47. The second kappa shape index (κ2) is 5.75. The highest BCUT2D eigenvalue weighted by molar-refractivity contribution is 5.95. The molecule has 0 aliphatic carbocycles. The van der Waals surface area contributed by atoms with E-state index in [0.717, 1.165) is 15.5 Å². The van der Waals surface area contributed by atoms with Crippen molar-refractivity contribution in [3.63, 3.8) is 0 Å². The highest BCUT2D eigenvalue weighted by Crippen LogP contribution is 2.22. The molecule has 1 aromatic rings. The number of hydrogen-bond donors (Lipinski definition) is 1. The van der Waals surface area contributed by atoms with Gasteiger partial charge in [-0.05, 0) is 18.6 Å². The van der Waals surface area contributed by atoms with E-state index in [0.29, 0.717) is 5.57 Å². The fraction of sp³-hybridized carbons (Fsp3) is 0.286. The molecule has 0 saturated carbocycles. The van der Waals surface area contributed by atoms with Gasteiger partial charge in [-0.1, -0.05) is 30.3 Å². The van der Waals surface area contributed by atoms with Crippen LogP contribution in [0.4, 0.5) is 4.79 Å². The maximum Gasteiger partial charge on any atom is 0.409 e. The number of nitrogens with zero attached hydrogens (tertiary/aromatic N) is 2. The number of carbonyl (C=O) groups is 2. The van der Waals surface area contributed by atoms with Gasteiger partial charge in [0.05, 0.1) is 13.7 Å². The molecule has 0 bridgehead atoms. The smallest absolute Gasteiger partial charge is 0.409 e. The maximum atomic E-state index is 11.8. The summed E-state index contributed by atoms with van der Waals surface area (Å²) in [6.07, 6.45) is -0.270. The number of hydroxylamine groups is 2. The van der Waals surface area contributed by atoms with Crippen molar-refractivity contribution in [2.75, 3.05) is 7.11 Å². The van der Waals surface area contributed by atoms with Crippen LogP contribution in [0.2, 0.25) is 0 Å². The molecule has 6 nitrogen and oxygen atoms in total.